The first-order valence-electron chi connectivity index (χ1n) is 10.9. The highest BCUT2D eigenvalue weighted by Gasteiger charge is 2.16. The number of nitrogens with one attached hydrogen (secondary N) is 3. The first-order chi connectivity index (χ1) is 15.8. The Labute approximate surface area is 193 Å². The largest absolute Gasteiger partial charge is 0.359 e. The SMILES string of the molecule is C=C/C(=C\C(=C/C)c1ccc2[nH]nc(-c3nc4ccncc4[nH]3)c2n1)NC(=C)CC(C)(C)C. The summed E-state index contributed by atoms with van der Waals surface area (Å²) in [6.07, 6.45) is 10.2. The van der Waals surface area contributed by atoms with E-state index < -0.39 is 0 Å². The molecule has 4 aromatic rings. The molecule has 0 amide bonds. The molecule has 0 aliphatic carbocycles. The van der Waals surface area contributed by atoms with Crippen LogP contribution in [-0.4, -0.2) is 30.1 Å². The molecule has 0 bridgehead atoms. The highest BCUT2D eigenvalue weighted by Crippen LogP contribution is 2.27. The number of allylic oxidation sites excluding steroid dienone is 5. The van der Waals surface area contributed by atoms with E-state index in [2.05, 4.69) is 64.4 Å². The van der Waals surface area contributed by atoms with Crippen molar-refractivity contribution < 1.29 is 0 Å². The number of pyridine rings is 2. The van der Waals surface area contributed by atoms with Crippen molar-refractivity contribution in [3.8, 4) is 11.5 Å². The normalized spacial score (nSPS) is 13.0. The number of imidazole rings is 1. The van der Waals surface area contributed by atoms with Crippen LogP contribution < -0.4 is 5.32 Å². The lowest BCUT2D eigenvalue weighted by atomic mass is 9.91. The molecule has 0 unspecified atom stereocenters. The summed E-state index contributed by atoms with van der Waals surface area (Å²) in [4.78, 5) is 17.0. The molecule has 0 aliphatic rings. The third-order valence-electron chi connectivity index (χ3n) is 5.12. The Hall–Kier alpha value is -4.00. The predicted octanol–water partition coefficient (Wildman–Crippen LogP) is 5.91. The van der Waals surface area contributed by atoms with E-state index in [0.29, 0.717) is 11.5 Å². The van der Waals surface area contributed by atoms with Crippen LogP contribution in [0.1, 0.15) is 39.8 Å². The van der Waals surface area contributed by atoms with Crippen LogP contribution in [0.5, 0.6) is 0 Å². The van der Waals surface area contributed by atoms with Gasteiger partial charge in [-0.1, -0.05) is 40.0 Å². The Balaban J connectivity index is 1.68. The van der Waals surface area contributed by atoms with Gasteiger partial charge in [0.2, 0.25) is 0 Å². The van der Waals surface area contributed by atoms with Gasteiger partial charge in [0.25, 0.3) is 0 Å². The van der Waals surface area contributed by atoms with E-state index in [1.807, 2.05) is 37.3 Å². The lowest BCUT2D eigenvalue weighted by Gasteiger charge is -2.21. The average Bonchev–Trinajstić information content (AvgIpc) is 3.38. The number of aromatic nitrogens is 6. The minimum Gasteiger partial charge on any atom is -0.359 e. The molecule has 0 spiro atoms. The van der Waals surface area contributed by atoms with Crippen LogP contribution >= 0.6 is 0 Å². The molecule has 0 aliphatic heterocycles. The Morgan fingerprint density at radius 2 is 1.97 bits per heavy atom. The Morgan fingerprint density at radius 3 is 2.67 bits per heavy atom. The molecule has 0 saturated heterocycles. The fourth-order valence-electron chi connectivity index (χ4n) is 3.70. The molecule has 33 heavy (non-hydrogen) atoms. The van der Waals surface area contributed by atoms with E-state index in [-0.39, 0.29) is 5.41 Å². The highest BCUT2D eigenvalue weighted by molar-refractivity contribution is 5.91. The minimum atomic E-state index is 0.150. The van der Waals surface area contributed by atoms with Crippen molar-refractivity contribution in [3.05, 3.63) is 79.1 Å². The van der Waals surface area contributed by atoms with Gasteiger partial charge in [-0.3, -0.25) is 10.1 Å². The first kappa shape index (κ1) is 22.2. The molecule has 0 saturated carbocycles. The summed E-state index contributed by atoms with van der Waals surface area (Å²) in [6, 6.07) is 5.82. The van der Waals surface area contributed by atoms with Crippen LogP contribution in [0.2, 0.25) is 0 Å². The van der Waals surface area contributed by atoms with Crippen molar-refractivity contribution in [1.29, 1.82) is 0 Å². The van der Waals surface area contributed by atoms with Gasteiger partial charge >= 0.3 is 0 Å². The molecule has 168 valence electrons. The van der Waals surface area contributed by atoms with Crippen molar-refractivity contribution in [2.75, 3.05) is 0 Å². The van der Waals surface area contributed by atoms with E-state index in [4.69, 9.17) is 4.98 Å². The fraction of sp³-hybridized carbons (Fsp3) is 0.231. The highest BCUT2D eigenvalue weighted by atomic mass is 15.1. The standard InChI is InChI=1S/C26H29N7/c1-7-17(13-18(8-2)28-16(3)14-26(4,5)6)19-9-10-21-23(29-19)24(33-32-21)25-30-20-11-12-27-15-22(20)31-25/h7-13,15,28H,2-3,14H2,1,4-6H3,(H,30,31)(H,32,33)/b17-7+,18-13+. The molecule has 3 N–H and O–H groups in total. The maximum Gasteiger partial charge on any atom is 0.161 e. The summed E-state index contributed by atoms with van der Waals surface area (Å²) >= 11 is 0. The minimum absolute atomic E-state index is 0.150. The molecule has 0 fully saturated rings. The fourth-order valence-corrected chi connectivity index (χ4v) is 3.70. The Morgan fingerprint density at radius 1 is 1.15 bits per heavy atom. The second-order valence-corrected chi connectivity index (χ2v) is 9.16. The van der Waals surface area contributed by atoms with Crippen LogP contribution in [0.15, 0.2) is 73.4 Å². The van der Waals surface area contributed by atoms with E-state index in [1.54, 1.807) is 18.5 Å². The van der Waals surface area contributed by atoms with Gasteiger partial charge in [-0.2, -0.15) is 5.10 Å². The van der Waals surface area contributed by atoms with Crippen LogP contribution in [-0.2, 0) is 0 Å². The second-order valence-electron chi connectivity index (χ2n) is 9.16. The van der Waals surface area contributed by atoms with Gasteiger partial charge in [0.1, 0.15) is 5.52 Å². The number of hydrogen-bond acceptors (Lipinski definition) is 5. The molecule has 0 radical (unpaired) electrons. The van der Waals surface area contributed by atoms with Crippen LogP contribution in [0.25, 0.3) is 39.2 Å². The monoisotopic (exact) mass is 439 g/mol. The van der Waals surface area contributed by atoms with Gasteiger partial charge in [0.05, 0.1) is 28.4 Å². The molecule has 7 nitrogen and oxygen atoms in total. The van der Waals surface area contributed by atoms with Gasteiger partial charge in [-0.05, 0) is 54.7 Å². The number of hydrogen-bond donors (Lipinski definition) is 3. The van der Waals surface area contributed by atoms with Gasteiger partial charge in [-0.15, -0.1) is 0 Å². The van der Waals surface area contributed by atoms with Crippen LogP contribution in [0, 0.1) is 5.41 Å². The maximum atomic E-state index is 4.91. The van der Waals surface area contributed by atoms with Gasteiger partial charge in [-0.25, -0.2) is 9.97 Å². The summed E-state index contributed by atoms with van der Waals surface area (Å²) in [7, 11) is 0. The van der Waals surface area contributed by atoms with E-state index in [9.17, 15) is 0 Å². The summed E-state index contributed by atoms with van der Waals surface area (Å²) < 4.78 is 0. The molecule has 0 atom stereocenters. The Kier molecular flexibility index (Phi) is 5.96. The van der Waals surface area contributed by atoms with Crippen molar-refractivity contribution >= 4 is 27.6 Å². The molecule has 0 aromatic carbocycles. The van der Waals surface area contributed by atoms with Crippen LogP contribution in [0.3, 0.4) is 0 Å². The molecule has 4 heterocycles. The second kappa shape index (κ2) is 8.86. The van der Waals surface area contributed by atoms with E-state index in [0.717, 1.165) is 51.1 Å². The smallest absolute Gasteiger partial charge is 0.161 e. The van der Waals surface area contributed by atoms with Gasteiger partial charge < -0.3 is 10.3 Å². The number of H-pyrrole nitrogens is 2. The molecule has 4 aromatic heterocycles. The molecule has 7 heteroatoms. The topological polar surface area (TPSA) is 95.2 Å². The Bertz CT molecular complexity index is 1360. The number of nitrogens with zero attached hydrogens (tertiary/aromatic N) is 4. The number of rotatable bonds is 7. The number of aromatic amines is 2. The van der Waals surface area contributed by atoms with Gasteiger partial charge in [0, 0.05) is 17.6 Å². The third-order valence-corrected chi connectivity index (χ3v) is 5.12. The zero-order chi connectivity index (χ0) is 23.6. The molecular formula is C26H29N7. The third kappa shape index (κ3) is 4.92. The van der Waals surface area contributed by atoms with E-state index >= 15 is 0 Å². The quantitative estimate of drug-likeness (QED) is 0.311. The summed E-state index contributed by atoms with van der Waals surface area (Å²) in [5.74, 6) is 0.651. The van der Waals surface area contributed by atoms with Crippen molar-refractivity contribution in [2.24, 2.45) is 5.41 Å². The van der Waals surface area contributed by atoms with Crippen molar-refractivity contribution in [3.63, 3.8) is 0 Å². The average molecular weight is 440 g/mol. The summed E-state index contributed by atoms with van der Waals surface area (Å²) in [6.45, 7) is 16.7. The van der Waals surface area contributed by atoms with Crippen LogP contribution in [0.4, 0.5) is 0 Å². The van der Waals surface area contributed by atoms with E-state index in [1.165, 1.54) is 0 Å². The molecule has 4 rings (SSSR count). The summed E-state index contributed by atoms with van der Waals surface area (Å²) in [5, 5.41) is 10.9. The zero-order valence-electron chi connectivity index (χ0n) is 19.5. The zero-order valence-corrected chi connectivity index (χ0v) is 19.5. The van der Waals surface area contributed by atoms with Crippen molar-refractivity contribution in [1.82, 2.24) is 35.5 Å². The lowest BCUT2D eigenvalue weighted by Crippen LogP contribution is -2.16. The first-order valence-corrected chi connectivity index (χ1v) is 10.9. The maximum absolute atomic E-state index is 4.91. The number of fused-ring (bicyclic) bond motifs is 2. The molecular weight excluding hydrogens is 410 g/mol. The van der Waals surface area contributed by atoms with Crippen molar-refractivity contribution in [2.45, 2.75) is 34.1 Å². The van der Waals surface area contributed by atoms with Gasteiger partial charge in [0.15, 0.2) is 11.5 Å². The lowest BCUT2D eigenvalue weighted by molar-refractivity contribution is 0.403. The predicted molar refractivity (Wildman–Crippen MR) is 135 cm³/mol. The summed E-state index contributed by atoms with van der Waals surface area (Å²) in [5.41, 5.74) is 7.71.